The first-order chi connectivity index (χ1) is 10.7. The highest BCUT2D eigenvalue weighted by molar-refractivity contribution is 5.20. The van der Waals surface area contributed by atoms with E-state index in [9.17, 15) is 9.90 Å². The van der Waals surface area contributed by atoms with E-state index in [-0.39, 0.29) is 11.2 Å². The average Bonchev–Trinajstić information content (AvgIpc) is 2.52. The molecule has 0 bridgehead atoms. The van der Waals surface area contributed by atoms with Gasteiger partial charge in [0.1, 0.15) is 0 Å². The SMILES string of the molecule is CCCCCn1cc(O)c(=O)cc1CN1CCCCC1CC. The van der Waals surface area contributed by atoms with E-state index in [1.54, 1.807) is 12.3 Å². The number of hydrogen-bond donors (Lipinski definition) is 1. The maximum atomic E-state index is 11.8. The molecule has 4 heteroatoms. The van der Waals surface area contributed by atoms with Crippen molar-refractivity contribution in [2.24, 2.45) is 0 Å². The summed E-state index contributed by atoms with van der Waals surface area (Å²) in [5.41, 5.74) is 0.783. The van der Waals surface area contributed by atoms with Crippen LogP contribution in [0.25, 0.3) is 0 Å². The van der Waals surface area contributed by atoms with Crippen molar-refractivity contribution in [2.75, 3.05) is 6.54 Å². The second-order valence-electron chi connectivity index (χ2n) is 6.44. The van der Waals surface area contributed by atoms with Crippen molar-refractivity contribution in [2.45, 2.75) is 77.9 Å². The summed E-state index contributed by atoms with van der Waals surface area (Å²) >= 11 is 0. The molecule has 1 atom stereocenters. The van der Waals surface area contributed by atoms with Gasteiger partial charge < -0.3 is 9.67 Å². The van der Waals surface area contributed by atoms with Gasteiger partial charge in [-0.15, -0.1) is 0 Å². The van der Waals surface area contributed by atoms with Gasteiger partial charge in [0.2, 0.25) is 5.43 Å². The normalized spacial score (nSPS) is 19.5. The molecule has 1 aliphatic rings. The lowest BCUT2D eigenvalue weighted by atomic mass is 10.00. The highest BCUT2D eigenvalue weighted by Crippen LogP contribution is 2.22. The first-order valence-corrected chi connectivity index (χ1v) is 8.82. The lowest BCUT2D eigenvalue weighted by Gasteiger charge is -2.35. The van der Waals surface area contributed by atoms with Crippen LogP contribution in [0.15, 0.2) is 17.1 Å². The van der Waals surface area contributed by atoms with Gasteiger partial charge in [0.15, 0.2) is 5.75 Å². The summed E-state index contributed by atoms with van der Waals surface area (Å²) in [6, 6.07) is 2.25. The molecule has 1 aliphatic heterocycles. The monoisotopic (exact) mass is 306 g/mol. The summed E-state index contributed by atoms with van der Waals surface area (Å²) in [5.74, 6) is -0.133. The van der Waals surface area contributed by atoms with Gasteiger partial charge in [0.05, 0.1) is 6.20 Å². The Morgan fingerprint density at radius 1 is 1.27 bits per heavy atom. The molecule has 2 heterocycles. The molecule has 22 heavy (non-hydrogen) atoms. The zero-order valence-electron chi connectivity index (χ0n) is 14.1. The number of unbranched alkanes of at least 4 members (excludes halogenated alkanes) is 2. The van der Waals surface area contributed by atoms with Crippen molar-refractivity contribution in [3.63, 3.8) is 0 Å². The zero-order valence-corrected chi connectivity index (χ0v) is 14.1. The van der Waals surface area contributed by atoms with Gasteiger partial charge in [-0.05, 0) is 32.2 Å². The third kappa shape index (κ3) is 4.35. The van der Waals surface area contributed by atoms with Crippen LogP contribution in [0, 0.1) is 0 Å². The topological polar surface area (TPSA) is 45.5 Å². The number of nitrogens with zero attached hydrogens (tertiary/aromatic N) is 2. The minimum atomic E-state index is -0.258. The van der Waals surface area contributed by atoms with E-state index in [1.165, 1.54) is 32.1 Å². The summed E-state index contributed by atoms with van der Waals surface area (Å²) in [6.45, 7) is 7.24. The molecular formula is C18H30N2O2. The van der Waals surface area contributed by atoms with Crippen molar-refractivity contribution < 1.29 is 5.11 Å². The van der Waals surface area contributed by atoms with Crippen LogP contribution in [0.1, 0.15) is 64.5 Å². The predicted octanol–water partition coefficient (Wildman–Crippen LogP) is 3.51. The Labute approximate surface area is 133 Å². The lowest BCUT2D eigenvalue weighted by Crippen LogP contribution is -2.39. The molecule has 0 amide bonds. The predicted molar refractivity (Wildman–Crippen MR) is 90.2 cm³/mol. The molecule has 0 spiro atoms. The Kier molecular flexibility index (Phi) is 6.49. The Morgan fingerprint density at radius 3 is 2.82 bits per heavy atom. The molecule has 124 valence electrons. The number of aromatic nitrogens is 1. The first kappa shape index (κ1) is 17.1. The second-order valence-corrected chi connectivity index (χ2v) is 6.44. The molecule has 0 aromatic carbocycles. The average molecular weight is 306 g/mol. The fourth-order valence-corrected chi connectivity index (χ4v) is 3.42. The zero-order chi connectivity index (χ0) is 15.9. The van der Waals surface area contributed by atoms with Crippen LogP contribution in [0.4, 0.5) is 0 Å². The van der Waals surface area contributed by atoms with Crippen LogP contribution in [0.5, 0.6) is 5.75 Å². The fourth-order valence-electron chi connectivity index (χ4n) is 3.42. The van der Waals surface area contributed by atoms with E-state index in [4.69, 9.17) is 0 Å². The number of likely N-dealkylation sites (tertiary alicyclic amines) is 1. The van der Waals surface area contributed by atoms with Gasteiger partial charge in [-0.3, -0.25) is 9.69 Å². The largest absolute Gasteiger partial charge is 0.503 e. The van der Waals surface area contributed by atoms with E-state index in [0.717, 1.165) is 38.2 Å². The molecule has 1 aromatic rings. The lowest BCUT2D eigenvalue weighted by molar-refractivity contribution is 0.132. The molecule has 1 saturated heterocycles. The standard InChI is InChI=1S/C18H30N2O2/c1-3-5-7-10-20-14-18(22)17(21)12-16(20)13-19-11-8-6-9-15(19)4-2/h12,14-15,22H,3-11,13H2,1-2H3. The summed E-state index contributed by atoms with van der Waals surface area (Å²) in [4.78, 5) is 14.3. The fraction of sp³-hybridized carbons (Fsp3) is 0.722. The van der Waals surface area contributed by atoms with Gasteiger partial charge >= 0.3 is 0 Å². The summed E-state index contributed by atoms with van der Waals surface area (Å²) in [6.07, 6.45) is 10.0. The number of aryl methyl sites for hydroxylation is 1. The minimum absolute atomic E-state index is 0.133. The highest BCUT2D eigenvalue weighted by Gasteiger charge is 2.21. The quantitative estimate of drug-likeness (QED) is 0.784. The smallest absolute Gasteiger partial charge is 0.223 e. The molecule has 1 N–H and O–H groups in total. The molecule has 0 saturated carbocycles. The Balaban J connectivity index is 2.16. The van der Waals surface area contributed by atoms with Crippen LogP contribution in [-0.2, 0) is 13.1 Å². The van der Waals surface area contributed by atoms with Gasteiger partial charge in [-0.25, -0.2) is 0 Å². The molecule has 1 fully saturated rings. The second kappa shape index (κ2) is 8.37. The van der Waals surface area contributed by atoms with Crippen LogP contribution >= 0.6 is 0 Å². The molecule has 1 unspecified atom stereocenters. The molecule has 4 nitrogen and oxygen atoms in total. The molecule has 1 aromatic heterocycles. The third-order valence-corrected chi connectivity index (χ3v) is 4.79. The van der Waals surface area contributed by atoms with Gasteiger partial charge in [-0.1, -0.05) is 33.1 Å². The van der Waals surface area contributed by atoms with Crippen molar-refractivity contribution in [3.8, 4) is 5.75 Å². The van der Waals surface area contributed by atoms with Gasteiger partial charge in [0, 0.05) is 30.9 Å². The number of hydrogen-bond acceptors (Lipinski definition) is 3. The van der Waals surface area contributed by atoms with Crippen LogP contribution in [-0.4, -0.2) is 27.2 Å². The van der Waals surface area contributed by atoms with Crippen molar-refractivity contribution in [1.82, 2.24) is 9.47 Å². The summed E-state index contributed by atoms with van der Waals surface area (Å²) < 4.78 is 2.08. The number of rotatable bonds is 7. The minimum Gasteiger partial charge on any atom is -0.503 e. The molecular weight excluding hydrogens is 276 g/mol. The number of piperidine rings is 1. The molecule has 2 rings (SSSR count). The maximum absolute atomic E-state index is 11.8. The Bertz CT molecular complexity index is 524. The van der Waals surface area contributed by atoms with E-state index in [0.29, 0.717) is 6.04 Å². The van der Waals surface area contributed by atoms with Crippen LogP contribution < -0.4 is 5.43 Å². The van der Waals surface area contributed by atoms with E-state index >= 15 is 0 Å². The highest BCUT2D eigenvalue weighted by atomic mass is 16.3. The maximum Gasteiger partial charge on any atom is 0.223 e. The van der Waals surface area contributed by atoms with Crippen LogP contribution in [0.3, 0.4) is 0 Å². The van der Waals surface area contributed by atoms with Crippen LogP contribution in [0.2, 0.25) is 0 Å². The number of aromatic hydroxyl groups is 1. The third-order valence-electron chi connectivity index (χ3n) is 4.79. The summed E-state index contributed by atoms with van der Waals surface area (Å²) in [7, 11) is 0. The van der Waals surface area contributed by atoms with Gasteiger partial charge in [0.25, 0.3) is 0 Å². The summed E-state index contributed by atoms with van der Waals surface area (Å²) in [5, 5.41) is 9.74. The molecule has 0 radical (unpaired) electrons. The van der Waals surface area contributed by atoms with Crippen molar-refractivity contribution >= 4 is 0 Å². The van der Waals surface area contributed by atoms with Crippen molar-refractivity contribution in [3.05, 3.63) is 28.2 Å². The van der Waals surface area contributed by atoms with E-state index in [2.05, 4.69) is 23.3 Å². The molecule has 0 aliphatic carbocycles. The number of pyridine rings is 1. The van der Waals surface area contributed by atoms with E-state index < -0.39 is 0 Å². The van der Waals surface area contributed by atoms with Crippen molar-refractivity contribution in [1.29, 1.82) is 0 Å². The Morgan fingerprint density at radius 2 is 2.09 bits per heavy atom. The van der Waals surface area contributed by atoms with E-state index in [1.807, 2.05) is 0 Å². The Hall–Kier alpha value is -1.29. The first-order valence-electron chi connectivity index (χ1n) is 8.82. The van der Waals surface area contributed by atoms with Gasteiger partial charge in [-0.2, -0.15) is 0 Å².